The van der Waals surface area contributed by atoms with Crippen molar-refractivity contribution < 1.29 is 8.42 Å². The molecule has 0 aliphatic carbocycles. The second-order valence-electron chi connectivity index (χ2n) is 7.61. The normalized spacial score (nSPS) is 12.7. The summed E-state index contributed by atoms with van der Waals surface area (Å²) in [6.07, 6.45) is 0. The Morgan fingerprint density at radius 1 is 0.688 bits per heavy atom. The highest BCUT2D eigenvalue weighted by molar-refractivity contribution is 7.92. The number of para-hydroxylation sites is 1. The molecule has 4 aromatic carbocycles. The highest BCUT2D eigenvalue weighted by Crippen LogP contribution is 2.43. The van der Waals surface area contributed by atoms with Gasteiger partial charge in [-0.2, -0.15) is 0 Å². The smallest absolute Gasteiger partial charge is 0.189 e. The Balaban J connectivity index is 1.85. The molecule has 1 N–H and O–H groups in total. The molecule has 0 radical (unpaired) electrons. The molecule has 0 fully saturated rings. The Kier molecular flexibility index (Phi) is 5.33. The van der Waals surface area contributed by atoms with Crippen LogP contribution in [0.3, 0.4) is 0 Å². The number of aromatic nitrogens is 1. The number of H-pyrrole nitrogens is 1. The number of nitrogens with one attached hydrogen (secondary N) is 1. The maximum Gasteiger partial charge on any atom is 0.189 e. The van der Waals surface area contributed by atoms with Crippen LogP contribution in [0.2, 0.25) is 5.02 Å². The summed E-state index contributed by atoms with van der Waals surface area (Å²) >= 11 is 6.04. The third-order valence-corrected chi connectivity index (χ3v) is 7.94. The number of benzene rings is 4. The summed E-state index contributed by atoms with van der Waals surface area (Å²) in [6, 6.07) is 33.4. The van der Waals surface area contributed by atoms with Crippen molar-refractivity contribution in [1.82, 2.24) is 4.98 Å². The minimum atomic E-state index is -3.79. The van der Waals surface area contributed by atoms with E-state index in [1.54, 1.807) is 24.3 Å². The lowest BCUT2D eigenvalue weighted by Gasteiger charge is -2.20. The molecule has 1 atom stereocenters. The van der Waals surface area contributed by atoms with Gasteiger partial charge >= 0.3 is 0 Å². The molecule has 0 saturated carbocycles. The minimum absolute atomic E-state index is 0.236. The molecule has 5 aromatic rings. The second-order valence-corrected chi connectivity index (χ2v) is 10.1. The average molecular weight is 458 g/mol. The summed E-state index contributed by atoms with van der Waals surface area (Å²) in [5.41, 5.74) is 4.09. The number of hydrogen-bond acceptors (Lipinski definition) is 2. The fourth-order valence-corrected chi connectivity index (χ4v) is 6.14. The number of halogens is 1. The number of hydrogen-bond donors (Lipinski definition) is 1. The summed E-state index contributed by atoms with van der Waals surface area (Å²) in [5.74, 6) is 0. The van der Waals surface area contributed by atoms with E-state index in [4.69, 9.17) is 11.6 Å². The Bertz CT molecular complexity index is 1480. The Hall–Kier alpha value is -3.34. The first-order valence-electron chi connectivity index (χ1n) is 10.3. The third-order valence-electron chi connectivity index (χ3n) is 5.63. The highest BCUT2D eigenvalue weighted by atomic mass is 35.5. The Morgan fingerprint density at radius 2 is 1.28 bits per heavy atom. The van der Waals surface area contributed by atoms with Crippen molar-refractivity contribution in [2.75, 3.05) is 0 Å². The molecule has 0 aliphatic heterocycles. The molecule has 5 heteroatoms. The van der Waals surface area contributed by atoms with Crippen LogP contribution in [0.1, 0.15) is 16.4 Å². The lowest BCUT2D eigenvalue weighted by molar-refractivity contribution is 0.589. The van der Waals surface area contributed by atoms with Crippen molar-refractivity contribution in [2.24, 2.45) is 0 Å². The van der Waals surface area contributed by atoms with Gasteiger partial charge in [-0.05, 0) is 41.5 Å². The molecule has 0 aliphatic rings. The van der Waals surface area contributed by atoms with Crippen LogP contribution in [0.5, 0.6) is 0 Å². The van der Waals surface area contributed by atoms with Crippen molar-refractivity contribution >= 4 is 32.3 Å². The molecular weight excluding hydrogens is 438 g/mol. The number of aromatic amines is 1. The minimum Gasteiger partial charge on any atom is -0.354 e. The van der Waals surface area contributed by atoms with Gasteiger partial charge in [0.15, 0.2) is 9.84 Å². The predicted octanol–water partition coefficient (Wildman–Crippen LogP) is 7.05. The number of sulfone groups is 1. The fraction of sp³-hybridized carbons (Fsp3) is 0.0370. The van der Waals surface area contributed by atoms with Crippen molar-refractivity contribution in [1.29, 1.82) is 0 Å². The molecule has 0 spiro atoms. The van der Waals surface area contributed by atoms with Gasteiger partial charge in [0.1, 0.15) is 5.25 Å². The summed E-state index contributed by atoms with van der Waals surface area (Å²) in [5, 5.41) is 0.492. The maximum absolute atomic E-state index is 14.1. The third kappa shape index (κ3) is 3.62. The van der Waals surface area contributed by atoms with Crippen LogP contribution in [0.4, 0.5) is 0 Å². The van der Waals surface area contributed by atoms with E-state index in [9.17, 15) is 8.42 Å². The van der Waals surface area contributed by atoms with Gasteiger partial charge < -0.3 is 4.98 Å². The molecule has 3 nitrogen and oxygen atoms in total. The highest BCUT2D eigenvalue weighted by Gasteiger charge is 2.35. The second kappa shape index (κ2) is 8.30. The molecule has 32 heavy (non-hydrogen) atoms. The number of fused-ring (bicyclic) bond motifs is 1. The van der Waals surface area contributed by atoms with Gasteiger partial charge in [0.25, 0.3) is 0 Å². The van der Waals surface area contributed by atoms with Gasteiger partial charge in [-0.15, -0.1) is 0 Å². The molecule has 158 valence electrons. The first kappa shape index (κ1) is 20.6. The molecular formula is C27H20ClNO2S. The van der Waals surface area contributed by atoms with E-state index in [1.807, 2.05) is 84.9 Å². The van der Waals surface area contributed by atoms with Crippen LogP contribution in [0.25, 0.3) is 22.2 Å². The van der Waals surface area contributed by atoms with Gasteiger partial charge in [-0.25, -0.2) is 8.42 Å². The van der Waals surface area contributed by atoms with Gasteiger partial charge in [0.2, 0.25) is 0 Å². The quantitative estimate of drug-likeness (QED) is 0.307. The monoisotopic (exact) mass is 457 g/mol. The van der Waals surface area contributed by atoms with E-state index in [0.29, 0.717) is 10.6 Å². The van der Waals surface area contributed by atoms with Crippen LogP contribution in [-0.2, 0) is 9.84 Å². The van der Waals surface area contributed by atoms with E-state index < -0.39 is 15.1 Å². The van der Waals surface area contributed by atoms with Crippen LogP contribution in [0, 0.1) is 0 Å². The van der Waals surface area contributed by atoms with Gasteiger partial charge in [-0.1, -0.05) is 90.5 Å². The van der Waals surface area contributed by atoms with E-state index in [0.717, 1.165) is 27.7 Å². The zero-order valence-corrected chi connectivity index (χ0v) is 18.6. The zero-order chi connectivity index (χ0) is 22.1. The van der Waals surface area contributed by atoms with Crippen molar-refractivity contribution in [3.8, 4) is 11.3 Å². The zero-order valence-electron chi connectivity index (χ0n) is 17.1. The van der Waals surface area contributed by atoms with E-state index in [1.165, 1.54) is 0 Å². The standard InChI is InChI=1S/C27H20ClNO2S/c28-21-15-17-22(18-16-21)32(30,31)27(20-11-5-2-6-12-20)25-23-13-7-8-14-24(23)29-26(25)19-9-3-1-4-10-19/h1-18,27,29H. The summed E-state index contributed by atoms with van der Waals surface area (Å²) in [4.78, 5) is 3.71. The van der Waals surface area contributed by atoms with Crippen LogP contribution in [-0.4, -0.2) is 13.4 Å². The van der Waals surface area contributed by atoms with E-state index >= 15 is 0 Å². The predicted molar refractivity (Wildman–Crippen MR) is 131 cm³/mol. The van der Waals surface area contributed by atoms with Crippen LogP contribution in [0.15, 0.2) is 114 Å². The molecule has 1 aromatic heterocycles. The first-order valence-corrected chi connectivity index (χ1v) is 12.2. The lowest BCUT2D eigenvalue weighted by atomic mass is 9.98. The SMILES string of the molecule is O=S(=O)(c1ccc(Cl)cc1)C(c1ccccc1)c1c(-c2ccccc2)[nH]c2ccccc12. The van der Waals surface area contributed by atoms with E-state index in [2.05, 4.69) is 4.98 Å². The van der Waals surface area contributed by atoms with Gasteiger partial charge in [-0.3, -0.25) is 0 Å². The average Bonchev–Trinajstić information content (AvgIpc) is 3.20. The summed E-state index contributed by atoms with van der Waals surface area (Å²) < 4.78 is 28.2. The van der Waals surface area contributed by atoms with Crippen molar-refractivity contribution in [3.63, 3.8) is 0 Å². The van der Waals surface area contributed by atoms with Crippen LogP contribution >= 0.6 is 11.6 Å². The largest absolute Gasteiger partial charge is 0.354 e. The van der Waals surface area contributed by atoms with Crippen molar-refractivity contribution in [2.45, 2.75) is 10.1 Å². The summed E-state index contributed by atoms with van der Waals surface area (Å²) in [7, 11) is -3.79. The molecule has 0 amide bonds. The first-order chi connectivity index (χ1) is 15.6. The number of rotatable bonds is 5. The molecule has 0 saturated heterocycles. The summed E-state index contributed by atoms with van der Waals surface area (Å²) in [6.45, 7) is 0. The molecule has 1 unspecified atom stereocenters. The van der Waals surface area contributed by atoms with Gasteiger partial charge in [0.05, 0.1) is 10.6 Å². The Labute approximate surface area is 192 Å². The van der Waals surface area contributed by atoms with Crippen LogP contribution < -0.4 is 0 Å². The molecule has 5 rings (SSSR count). The van der Waals surface area contributed by atoms with Gasteiger partial charge in [0, 0.05) is 21.5 Å². The molecule has 0 bridgehead atoms. The Morgan fingerprint density at radius 3 is 1.97 bits per heavy atom. The topological polar surface area (TPSA) is 49.9 Å². The maximum atomic E-state index is 14.1. The molecule has 1 heterocycles. The lowest BCUT2D eigenvalue weighted by Crippen LogP contribution is -2.16. The van der Waals surface area contributed by atoms with E-state index in [-0.39, 0.29) is 4.90 Å². The van der Waals surface area contributed by atoms with Crippen molar-refractivity contribution in [3.05, 3.63) is 125 Å². The fourth-order valence-electron chi connectivity index (χ4n) is 4.16.